The van der Waals surface area contributed by atoms with E-state index in [0.717, 1.165) is 11.1 Å². The Bertz CT molecular complexity index is 363. The molecule has 88 valence electrons. The first-order valence-corrected chi connectivity index (χ1v) is 6.42. The van der Waals surface area contributed by atoms with Crippen molar-refractivity contribution in [2.75, 3.05) is 6.54 Å². The lowest BCUT2D eigenvalue weighted by Gasteiger charge is -2.15. The molecule has 0 fully saturated rings. The minimum atomic E-state index is 0.00296. The molecule has 16 heavy (non-hydrogen) atoms. The Kier molecular flexibility index (Phi) is 5.00. The molecule has 0 aliphatic rings. The molecule has 0 radical (unpaired) electrons. The fraction of sp³-hybridized carbons (Fsp3) is 0.462. The zero-order valence-corrected chi connectivity index (χ0v) is 11.5. The summed E-state index contributed by atoms with van der Waals surface area (Å²) in [6.45, 7) is 6.85. The van der Waals surface area contributed by atoms with Gasteiger partial charge in [-0.05, 0) is 24.5 Å². The molecule has 0 heterocycles. The highest BCUT2D eigenvalue weighted by Crippen LogP contribution is 2.11. The monoisotopic (exact) mass is 283 g/mol. The number of hydrogen-bond donors (Lipinski definition) is 1. The summed E-state index contributed by atoms with van der Waals surface area (Å²) in [7, 11) is 0. The van der Waals surface area contributed by atoms with Gasteiger partial charge >= 0.3 is 0 Å². The summed E-state index contributed by atoms with van der Waals surface area (Å²) >= 11 is 3.55. The zero-order chi connectivity index (χ0) is 12.1. The van der Waals surface area contributed by atoms with Gasteiger partial charge in [0.1, 0.15) is 0 Å². The molecule has 0 saturated carbocycles. The summed E-state index contributed by atoms with van der Waals surface area (Å²) < 4.78 is 0. The van der Waals surface area contributed by atoms with Gasteiger partial charge in [0.2, 0.25) is 0 Å². The van der Waals surface area contributed by atoms with Gasteiger partial charge in [-0.3, -0.25) is 4.79 Å². The molecule has 1 N–H and O–H groups in total. The van der Waals surface area contributed by atoms with E-state index in [1.54, 1.807) is 0 Å². The number of carbonyl (C=O) groups is 1. The maximum absolute atomic E-state index is 11.9. The Labute approximate surface area is 106 Å². The van der Waals surface area contributed by atoms with Gasteiger partial charge in [0.05, 0.1) is 0 Å². The van der Waals surface area contributed by atoms with E-state index in [1.807, 2.05) is 31.2 Å². The van der Waals surface area contributed by atoms with E-state index in [4.69, 9.17) is 0 Å². The summed E-state index contributed by atoms with van der Waals surface area (Å²) in [6.07, 6.45) is 0. The molecular formula is C13H18BrNO. The molecule has 1 unspecified atom stereocenters. The fourth-order valence-corrected chi connectivity index (χ4v) is 1.51. The Morgan fingerprint density at radius 2 is 2.00 bits per heavy atom. The third-order valence-electron chi connectivity index (χ3n) is 2.57. The first-order valence-electron chi connectivity index (χ1n) is 5.50. The van der Waals surface area contributed by atoms with E-state index in [1.165, 1.54) is 0 Å². The number of nitrogens with one attached hydrogen (secondary N) is 1. The van der Waals surface area contributed by atoms with Crippen LogP contribution in [0.25, 0.3) is 0 Å². The Morgan fingerprint density at radius 3 is 2.56 bits per heavy atom. The standard InChI is InChI=1S/C13H18BrNO/c1-9(2)12(14)8-15-13(16)11-7-5-4-6-10(11)3/h4-7,9,12H,8H2,1-3H3,(H,15,16). The predicted molar refractivity (Wildman–Crippen MR) is 71.1 cm³/mol. The van der Waals surface area contributed by atoms with Crippen LogP contribution in [0.5, 0.6) is 0 Å². The fourth-order valence-electron chi connectivity index (χ4n) is 1.35. The minimum Gasteiger partial charge on any atom is -0.351 e. The Morgan fingerprint density at radius 1 is 1.38 bits per heavy atom. The lowest BCUT2D eigenvalue weighted by atomic mass is 10.1. The van der Waals surface area contributed by atoms with Crippen LogP contribution in [0.2, 0.25) is 0 Å². The highest BCUT2D eigenvalue weighted by atomic mass is 79.9. The van der Waals surface area contributed by atoms with Crippen LogP contribution in [-0.2, 0) is 0 Å². The topological polar surface area (TPSA) is 29.1 Å². The number of hydrogen-bond acceptors (Lipinski definition) is 1. The van der Waals surface area contributed by atoms with Crippen LogP contribution < -0.4 is 5.32 Å². The van der Waals surface area contributed by atoms with E-state index < -0.39 is 0 Å². The van der Waals surface area contributed by atoms with Crippen molar-refractivity contribution in [2.45, 2.75) is 25.6 Å². The maximum Gasteiger partial charge on any atom is 0.251 e. The second kappa shape index (κ2) is 6.04. The molecule has 1 amide bonds. The summed E-state index contributed by atoms with van der Waals surface area (Å²) in [4.78, 5) is 12.2. The lowest BCUT2D eigenvalue weighted by molar-refractivity contribution is 0.0952. The molecule has 1 aromatic rings. The number of alkyl halides is 1. The number of amides is 1. The second-order valence-electron chi connectivity index (χ2n) is 4.28. The van der Waals surface area contributed by atoms with E-state index in [-0.39, 0.29) is 5.91 Å². The molecule has 3 heteroatoms. The molecule has 0 aromatic heterocycles. The third-order valence-corrected chi connectivity index (χ3v) is 3.95. The van der Waals surface area contributed by atoms with E-state index >= 15 is 0 Å². The lowest BCUT2D eigenvalue weighted by Crippen LogP contribution is -2.32. The van der Waals surface area contributed by atoms with Gasteiger partial charge in [0, 0.05) is 16.9 Å². The van der Waals surface area contributed by atoms with E-state index in [0.29, 0.717) is 17.3 Å². The van der Waals surface area contributed by atoms with Crippen LogP contribution in [0.1, 0.15) is 29.8 Å². The normalized spacial score (nSPS) is 12.6. The van der Waals surface area contributed by atoms with Gasteiger partial charge in [-0.2, -0.15) is 0 Å². The summed E-state index contributed by atoms with van der Waals surface area (Å²) in [5.74, 6) is 0.514. The number of aryl methyl sites for hydroxylation is 1. The van der Waals surface area contributed by atoms with Crippen LogP contribution in [0.15, 0.2) is 24.3 Å². The van der Waals surface area contributed by atoms with E-state index in [2.05, 4.69) is 35.1 Å². The van der Waals surface area contributed by atoms with Crippen LogP contribution in [-0.4, -0.2) is 17.3 Å². The zero-order valence-electron chi connectivity index (χ0n) is 9.96. The Balaban J connectivity index is 2.57. The van der Waals surface area contributed by atoms with Gasteiger partial charge < -0.3 is 5.32 Å². The highest BCUT2D eigenvalue weighted by Gasteiger charge is 2.12. The maximum atomic E-state index is 11.9. The van der Waals surface area contributed by atoms with Crippen molar-refractivity contribution in [3.63, 3.8) is 0 Å². The first kappa shape index (κ1) is 13.2. The number of benzene rings is 1. The second-order valence-corrected chi connectivity index (χ2v) is 5.46. The van der Waals surface area contributed by atoms with Crippen LogP contribution >= 0.6 is 15.9 Å². The molecule has 0 saturated heterocycles. The molecule has 2 nitrogen and oxygen atoms in total. The van der Waals surface area contributed by atoms with Crippen molar-refractivity contribution >= 4 is 21.8 Å². The van der Waals surface area contributed by atoms with Gasteiger partial charge in [0.25, 0.3) is 5.91 Å². The SMILES string of the molecule is Cc1ccccc1C(=O)NCC(Br)C(C)C. The van der Waals surface area contributed by atoms with Gasteiger partial charge in [-0.25, -0.2) is 0 Å². The first-order chi connectivity index (χ1) is 7.52. The van der Waals surface area contributed by atoms with Crippen molar-refractivity contribution in [3.05, 3.63) is 35.4 Å². The van der Waals surface area contributed by atoms with Gasteiger partial charge in [-0.15, -0.1) is 0 Å². The summed E-state index contributed by atoms with van der Waals surface area (Å²) in [6, 6.07) is 7.62. The van der Waals surface area contributed by atoms with Crippen LogP contribution in [0.3, 0.4) is 0 Å². The minimum absolute atomic E-state index is 0.00296. The molecule has 1 rings (SSSR count). The quantitative estimate of drug-likeness (QED) is 0.845. The average Bonchev–Trinajstić information content (AvgIpc) is 2.25. The molecule has 0 aliphatic carbocycles. The van der Waals surface area contributed by atoms with E-state index in [9.17, 15) is 4.79 Å². The number of rotatable bonds is 4. The van der Waals surface area contributed by atoms with Crippen LogP contribution in [0, 0.1) is 12.8 Å². The molecule has 0 aliphatic heterocycles. The molecule has 1 aromatic carbocycles. The van der Waals surface area contributed by atoms with Crippen LogP contribution in [0.4, 0.5) is 0 Å². The summed E-state index contributed by atoms with van der Waals surface area (Å²) in [5.41, 5.74) is 1.77. The highest BCUT2D eigenvalue weighted by molar-refractivity contribution is 9.09. The molecule has 0 spiro atoms. The third kappa shape index (κ3) is 3.63. The smallest absolute Gasteiger partial charge is 0.251 e. The number of carbonyl (C=O) groups excluding carboxylic acids is 1. The largest absolute Gasteiger partial charge is 0.351 e. The van der Waals surface area contributed by atoms with Crippen molar-refractivity contribution in [2.24, 2.45) is 5.92 Å². The van der Waals surface area contributed by atoms with Crippen molar-refractivity contribution in [3.8, 4) is 0 Å². The molecular weight excluding hydrogens is 266 g/mol. The van der Waals surface area contributed by atoms with Gasteiger partial charge in [0.15, 0.2) is 0 Å². The average molecular weight is 284 g/mol. The van der Waals surface area contributed by atoms with Crippen molar-refractivity contribution in [1.82, 2.24) is 5.32 Å². The van der Waals surface area contributed by atoms with Gasteiger partial charge in [-0.1, -0.05) is 48.0 Å². The molecule has 1 atom stereocenters. The molecule has 0 bridgehead atoms. The Hall–Kier alpha value is -0.830. The predicted octanol–water partition coefficient (Wildman–Crippen LogP) is 3.14. The van der Waals surface area contributed by atoms with Crippen molar-refractivity contribution in [1.29, 1.82) is 0 Å². The summed E-state index contributed by atoms with van der Waals surface area (Å²) in [5, 5.41) is 2.94. The van der Waals surface area contributed by atoms with Crippen molar-refractivity contribution < 1.29 is 4.79 Å². The number of halogens is 1.